The summed E-state index contributed by atoms with van der Waals surface area (Å²) in [6.07, 6.45) is 2.89. The summed E-state index contributed by atoms with van der Waals surface area (Å²) in [5.41, 5.74) is -0.871. The van der Waals surface area contributed by atoms with E-state index in [1.165, 1.54) is 6.92 Å². The van der Waals surface area contributed by atoms with Gasteiger partial charge in [0.25, 0.3) is 5.91 Å². The highest BCUT2D eigenvalue weighted by molar-refractivity contribution is 7.18. The molecule has 140 valence electrons. The fraction of sp³-hybridized carbons (Fsp3) is 0.556. The Morgan fingerprint density at radius 1 is 1.31 bits per heavy atom. The average Bonchev–Trinajstić information content (AvgIpc) is 3.07. The Morgan fingerprint density at radius 2 is 2.00 bits per heavy atom. The summed E-state index contributed by atoms with van der Waals surface area (Å²) in [6, 6.07) is 5.43. The molecule has 2 rings (SSSR count). The number of ketones is 1. The van der Waals surface area contributed by atoms with Gasteiger partial charge in [-0.3, -0.25) is 14.4 Å². The van der Waals surface area contributed by atoms with Gasteiger partial charge in [0.1, 0.15) is 5.54 Å². The lowest BCUT2D eigenvalue weighted by Gasteiger charge is -2.32. The van der Waals surface area contributed by atoms with Gasteiger partial charge in [-0.05, 0) is 31.9 Å². The van der Waals surface area contributed by atoms with E-state index in [-0.39, 0.29) is 18.6 Å². The van der Waals surface area contributed by atoms with Crippen molar-refractivity contribution in [3.8, 4) is 6.07 Å². The van der Waals surface area contributed by atoms with Crippen LogP contribution in [0.15, 0.2) is 12.1 Å². The normalized spacial score (nSPS) is 17.0. The van der Waals surface area contributed by atoms with Crippen molar-refractivity contribution < 1.29 is 19.1 Å². The van der Waals surface area contributed by atoms with Gasteiger partial charge < -0.3 is 10.1 Å². The molecule has 1 saturated carbocycles. The van der Waals surface area contributed by atoms with Gasteiger partial charge >= 0.3 is 5.97 Å². The summed E-state index contributed by atoms with van der Waals surface area (Å²) in [5.74, 6) is -1.31. The first-order chi connectivity index (χ1) is 12.3. The fourth-order valence-corrected chi connectivity index (χ4v) is 3.88. The maximum absolute atomic E-state index is 12.3. The highest BCUT2D eigenvalue weighted by Crippen LogP contribution is 2.27. The van der Waals surface area contributed by atoms with Crippen LogP contribution in [0.4, 0.5) is 0 Å². The fourth-order valence-electron chi connectivity index (χ4n) is 2.87. The van der Waals surface area contributed by atoms with Crippen LogP contribution in [0, 0.1) is 11.3 Å². The molecule has 1 fully saturated rings. The smallest absolute Gasteiger partial charge is 0.307 e. The lowest BCUT2D eigenvalue weighted by atomic mass is 9.83. The van der Waals surface area contributed by atoms with Crippen molar-refractivity contribution in [2.45, 2.75) is 63.5 Å². The van der Waals surface area contributed by atoms with Crippen LogP contribution >= 0.6 is 22.9 Å². The lowest BCUT2D eigenvalue weighted by molar-refractivity contribution is -0.155. The molecule has 1 amide bonds. The quantitative estimate of drug-likeness (QED) is 0.560. The molecule has 0 radical (unpaired) electrons. The van der Waals surface area contributed by atoms with Crippen molar-refractivity contribution >= 4 is 40.6 Å². The zero-order valence-corrected chi connectivity index (χ0v) is 16.1. The summed E-state index contributed by atoms with van der Waals surface area (Å²) in [5, 5.41) is 12.1. The Labute approximate surface area is 161 Å². The molecule has 8 heteroatoms. The van der Waals surface area contributed by atoms with E-state index in [1.807, 2.05) is 0 Å². The largest absolute Gasteiger partial charge is 0.453 e. The van der Waals surface area contributed by atoms with Gasteiger partial charge in [0.05, 0.1) is 21.7 Å². The maximum Gasteiger partial charge on any atom is 0.307 e. The molecule has 1 aromatic rings. The number of ether oxygens (including phenoxy) is 1. The number of thiophene rings is 1. The second-order valence-corrected chi connectivity index (χ2v) is 8.12. The van der Waals surface area contributed by atoms with Crippen molar-refractivity contribution in [1.29, 1.82) is 5.26 Å². The minimum absolute atomic E-state index is 0.00779. The first-order valence-corrected chi connectivity index (χ1v) is 9.76. The number of nitriles is 1. The molecule has 0 aliphatic heterocycles. The highest BCUT2D eigenvalue weighted by atomic mass is 35.5. The van der Waals surface area contributed by atoms with E-state index in [1.54, 1.807) is 12.1 Å². The molecule has 1 aliphatic carbocycles. The monoisotopic (exact) mass is 396 g/mol. The van der Waals surface area contributed by atoms with Gasteiger partial charge in [-0.2, -0.15) is 5.26 Å². The molecule has 1 N–H and O–H groups in total. The van der Waals surface area contributed by atoms with Crippen molar-refractivity contribution in [3.63, 3.8) is 0 Å². The van der Waals surface area contributed by atoms with Crippen LogP contribution in [0.3, 0.4) is 0 Å². The third kappa shape index (κ3) is 5.55. The molecule has 0 aromatic carbocycles. The summed E-state index contributed by atoms with van der Waals surface area (Å²) in [6.45, 7) is 1.46. The van der Waals surface area contributed by atoms with E-state index in [9.17, 15) is 19.6 Å². The third-order valence-corrected chi connectivity index (χ3v) is 5.64. The van der Waals surface area contributed by atoms with Crippen molar-refractivity contribution in [2.24, 2.45) is 0 Å². The first-order valence-electron chi connectivity index (χ1n) is 8.56. The molecule has 0 spiro atoms. The third-order valence-electron chi connectivity index (χ3n) is 4.37. The molecule has 1 aliphatic rings. The second kappa shape index (κ2) is 9.15. The number of hydrogen-bond donors (Lipinski definition) is 1. The number of Topliss-reactive ketones (excluding diaryl/α,β-unsaturated/α-hetero) is 1. The molecule has 0 bridgehead atoms. The van der Waals surface area contributed by atoms with E-state index >= 15 is 0 Å². The topological polar surface area (TPSA) is 96.3 Å². The Hall–Kier alpha value is -1.91. The van der Waals surface area contributed by atoms with Gasteiger partial charge in [0.2, 0.25) is 0 Å². The summed E-state index contributed by atoms with van der Waals surface area (Å²) < 4.78 is 5.61. The van der Waals surface area contributed by atoms with Gasteiger partial charge in [-0.1, -0.05) is 30.9 Å². The number of amides is 1. The first kappa shape index (κ1) is 20.4. The minimum atomic E-state index is -1.01. The SMILES string of the molecule is C[C@H](OC(=O)CCC(=O)c1ccc(Cl)s1)C(=O)NC1(C#N)CCCCC1. The predicted octanol–water partition coefficient (Wildman–Crippen LogP) is 3.64. The average molecular weight is 397 g/mol. The van der Waals surface area contributed by atoms with Crippen LogP contribution in [0.2, 0.25) is 4.34 Å². The van der Waals surface area contributed by atoms with Gasteiger partial charge in [-0.15, -0.1) is 11.3 Å². The van der Waals surface area contributed by atoms with E-state index in [2.05, 4.69) is 11.4 Å². The molecular formula is C18H21ClN2O4S. The second-order valence-electron chi connectivity index (χ2n) is 6.40. The molecule has 1 atom stereocenters. The maximum atomic E-state index is 12.3. The molecule has 26 heavy (non-hydrogen) atoms. The molecule has 1 aromatic heterocycles. The number of halogens is 1. The van der Waals surface area contributed by atoms with E-state index in [4.69, 9.17) is 16.3 Å². The van der Waals surface area contributed by atoms with Crippen LogP contribution in [-0.2, 0) is 14.3 Å². The number of nitrogens with one attached hydrogen (secondary N) is 1. The predicted molar refractivity (Wildman–Crippen MR) is 98.0 cm³/mol. The summed E-state index contributed by atoms with van der Waals surface area (Å²) in [7, 11) is 0. The zero-order chi connectivity index (χ0) is 19.2. The number of nitrogens with zero attached hydrogens (tertiary/aromatic N) is 1. The van der Waals surface area contributed by atoms with Crippen LogP contribution in [0.1, 0.15) is 61.5 Å². The van der Waals surface area contributed by atoms with Crippen molar-refractivity contribution in [1.82, 2.24) is 5.32 Å². The Bertz CT molecular complexity index is 719. The molecule has 0 saturated heterocycles. The Kier molecular flexibility index (Phi) is 7.18. The number of esters is 1. The minimum Gasteiger partial charge on any atom is -0.453 e. The summed E-state index contributed by atoms with van der Waals surface area (Å²) >= 11 is 6.94. The molecule has 1 heterocycles. The lowest BCUT2D eigenvalue weighted by Crippen LogP contribution is -2.52. The Morgan fingerprint density at radius 3 is 2.58 bits per heavy atom. The van der Waals surface area contributed by atoms with Gasteiger partial charge in [0, 0.05) is 6.42 Å². The van der Waals surface area contributed by atoms with Crippen LogP contribution in [0.5, 0.6) is 0 Å². The van der Waals surface area contributed by atoms with Crippen molar-refractivity contribution in [2.75, 3.05) is 0 Å². The standard InChI is InChI=1S/C18H21ClN2O4S/c1-12(17(24)21-18(11-20)9-3-2-4-10-18)25-16(23)8-5-13(22)14-6-7-15(19)26-14/h6-7,12H,2-5,8-10H2,1H3,(H,21,24)/t12-/m0/s1. The molecule has 0 unspecified atom stereocenters. The van der Waals surface area contributed by atoms with E-state index in [0.717, 1.165) is 30.6 Å². The number of rotatable bonds is 7. The number of hydrogen-bond acceptors (Lipinski definition) is 6. The summed E-state index contributed by atoms with van der Waals surface area (Å²) in [4.78, 5) is 36.6. The molecular weight excluding hydrogens is 376 g/mol. The van der Waals surface area contributed by atoms with E-state index in [0.29, 0.717) is 22.1 Å². The molecule has 6 nitrogen and oxygen atoms in total. The van der Waals surface area contributed by atoms with Gasteiger partial charge in [0.15, 0.2) is 11.9 Å². The van der Waals surface area contributed by atoms with Crippen molar-refractivity contribution in [3.05, 3.63) is 21.3 Å². The van der Waals surface area contributed by atoms with E-state index < -0.39 is 23.5 Å². The number of carbonyl (C=O) groups excluding carboxylic acids is 3. The van der Waals surface area contributed by atoms with Crippen LogP contribution in [-0.4, -0.2) is 29.3 Å². The highest BCUT2D eigenvalue weighted by Gasteiger charge is 2.35. The van der Waals surface area contributed by atoms with Gasteiger partial charge in [-0.25, -0.2) is 0 Å². The van der Waals surface area contributed by atoms with Crippen LogP contribution < -0.4 is 5.32 Å². The number of carbonyl (C=O) groups is 3. The van der Waals surface area contributed by atoms with Crippen LogP contribution in [0.25, 0.3) is 0 Å². The Balaban J connectivity index is 1.79. The zero-order valence-electron chi connectivity index (χ0n) is 14.5.